The SMILES string of the molecule is C[C@]1(NC[C@H]2CCCC[C@@H]2Nc2cc(-c3cccc(C(N)=O)c3)ccn2)CCCN(c2cnc(C(F)(F)F)nc2)C1. The van der Waals surface area contributed by atoms with Crippen LogP contribution in [-0.4, -0.2) is 52.1 Å². The largest absolute Gasteiger partial charge is 0.451 e. The molecule has 41 heavy (non-hydrogen) atoms. The van der Waals surface area contributed by atoms with Gasteiger partial charge in [0, 0.05) is 43.0 Å². The van der Waals surface area contributed by atoms with E-state index in [9.17, 15) is 18.0 Å². The summed E-state index contributed by atoms with van der Waals surface area (Å²) in [5.74, 6) is -0.385. The van der Waals surface area contributed by atoms with Gasteiger partial charge in [0.05, 0.1) is 18.1 Å². The van der Waals surface area contributed by atoms with Crippen LogP contribution in [0.4, 0.5) is 24.7 Å². The minimum absolute atomic E-state index is 0.188. The molecule has 1 aliphatic carbocycles. The molecule has 3 heterocycles. The lowest BCUT2D eigenvalue weighted by Crippen LogP contribution is -2.57. The summed E-state index contributed by atoms with van der Waals surface area (Å²) in [7, 11) is 0. The Morgan fingerprint density at radius 2 is 1.83 bits per heavy atom. The summed E-state index contributed by atoms with van der Waals surface area (Å²) in [6, 6.07) is 11.4. The van der Waals surface area contributed by atoms with Crippen LogP contribution in [0.5, 0.6) is 0 Å². The molecule has 3 aromatic rings. The predicted octanol–water partition coefficient (Wildman–Crippen LogP) is 5.28. The Kier molecular flexibility index (Phi) is 8.44. The molecular weight excluding hydrogens is 531 g/mol. The number of primary amides is 1. The van der Waals surface area contributed by atoms with Crippen molar-refractivity contribution < 1.29 is 18.0 Å². The molecule has 218 valence electrons. The van der Waals surface area contributed by atoms with E-state index in [2.05, 4.69) is 37.4 Å². The number of carbonyl (C=O) groups excluding carboxylic acids is 1. The monoisotopic (exact) mass is 567 g/mol. The molecule has 3 atom stereocenters. The van der Waals surface area contributed by atoms with Crippen LogP contribution in [0.2, 0.25) is 0 Å². The zero-order chi connectivity index (χ0) is 29.0. The van der Waals surface area contributed by atoms with Gasteiger partial charge in [-0.1, -0.05) is 25.0 Å². The highest BCUT2D eigenvalue weighted by Crippen LogP contribution is 2.31. The number of nitrogens with two attached hydrogens (primary N) is 1. The van der Waals surface area contributed by atoms with Crippen molar-refractivity contribution >= 4 is 17.4 Å². The number of aromatic nitrogens is 3. The number of amides is 1. The van der Waals surface area contributed by atoms with E-state index >= 15 is 0 Å². The third-order valence-corrected chi connectivity index (χ3v) is 8.23. The molecule has 4 N–H and O–H groups in total. The van der Waals surface area contributed by atoms with E-state index in [-0.39, 0.29) is 11.6 Å². The van der Waals surface area contributed by atoms with E-state index in [1.807, 2.05) is 24.3 Å². The fraction of sp³-hybridized carbons (Fsp3) is 0.467. The number of piperidine rings is 1. The summed E-state index contributed by atoms with van der Waals surface area (Å²) < 4.78 is 38.7. The van der Waals surface area contributed by atoms with Gasteiger partial charge >= 0.3 is 6.18 Å². The smallest absolute Gasteiger partial charge is 0.367 e. The van der Waals surface area contributed by atoms with Gasteiger partial charge in [0.15, 0.2) is 0 Å². The van der Waals surface area contributed by atoms with Gasteiger partial charge in [0.25, 0.3) is 0 Å². The van der Waals surface area contributed by atoms with E-state index < -0.39 is 17.9 Å². The van der Waals surface area contributed by atoms with Gasteiger partial charge in [-0.25, -0.2) is 15.0 Å². The molecular formula is C30H36F3N7O. The van der Waals surface area contributed by atoms with Crippen molar-refractivity contribution in [2.24, 2.45) is 11.7 Å². The number of rotatable bonds is 8. The van der Waals surface area contributed by atoms with Crippen LogP contribution < -0.4 is 21.3 Å². The number of pyridine rings is 1. The fourth-order valence-electron chi connectivity index (χ4n) is 5.99. The van der Waals surface area contributed by atoms with Crippen LogP contribution in [-0.2, 0) is 6.18 Å². The Hall–Kier alpha value is -3.73. The lowest BCUT2D eigenvalue weighted by atomic mass is 9.83. The average Bonchev–Trinajstić information content (AvgIpc) is 2.97. The second-order valence-electron chi connectivity index (χ2n) is 11.4. The van der Waals surface area contributed by atoms with Crippen molar-refractivity contribution in [1.29, 1.82) is 0 Å². The highest BCUT2D eigenvalue weighted by atomic mass is 19.4. The molecule has 1 amide bonds. The maximum absolute atomic E-state index is 12.9. The number of nitrogens with zero attached hydrogens (tertiary/aromatic N) is 4. The van der Waals surface area contributed by atoms with Crippen LogP contribution in [0, 0.1) is 5.92 Å². The Balaban J connectivity index is 1.22. The molecule has 2 aromatic heterocycles. The number of alkyl halides is 3. The first-order valence-electron chi connectivity index (χ1n) is 14.1. The summed E-state index contributed by atoms with van der Waals surface area (Å²) in [5.41, 5.74) is 8.21. The summed E-state index contributed by atoms with van der Waals surface area (Å²) >= 11 is 0. The average molecular weight is 568 g/mol. The van der Waals surface area contributed by atoms with Crippen molar-refractivity contribution in [3.63, 3.8) is 0 Å². The minimum Gasteiger partial charge on any atom is -0.367 e. The molecule has 1 aromatic carbocycles. The lowest BCUT2D eigenvalue weighted by molar-refractivity contribution is -0.145. The normalized spacial score (nSPS) is 23.3. The Labute approximate surface area is 238 Å². The van der Waals surface area contributed by atoms with E-state index in [4.69, 9.17) is 5.73 Å². The first kappa shape index (κ1) is 28.8. The van der Waals surface area contributed by atoms with Gasteiger partial charge in [0.2, 0.25) is 11.7 Å². The summed E-state index contributed by atoms with van der Waals surface area (Å²) in [6.45, 7) is 4.43. The van der Waals surface area contributed by atoms with Crippen LogP contribution in [0.25, 0.3) is 11.1 Å². The molecule has 1 aliphatic heterocycles. The summed E-state index contributed by atoms with van der Waals surface area (Å²) in [4.78, 5) is 25.4. The van der Waals surface area contributed by atoms with Crippen molar-refractivity contribution in [3.05, 3.63) is 66.4 Å². The Morgan fingerprint density at radius 1 is 1.07 bits per heavy atom. The Bertz CT molecular complexity index is 1350. The van der Waals surface area contributed by atoms with Gasteiger partial charge in [-0.15, -0.1) is 0 Å². The van der Waals surface area contributed by atoms with Crippen LogP contribution in [0.1, 0.15) is 61.6 Å². The third-order valence-electron chi connectivity index (χ3n) is 8.23. The van der Waals surface area contributed by atoms with Crippen molar-refractivity contribution in [1.82, 2.24) is 20.3 Å². The molecule has 8 nitrogen and oxygen atoms in total. The maximum Gasteiger partial charge on any atom is 0.451 e. The van der Waals surface area contributed by atoms with Crippen molar-refractivity contribution in [2.45, 2.75) is 63.2 Å². The molecule has 1 saturated carbocycles. The standard InChI is InChI=1S/C30H36F3N7O/c1-29(11-5-13-40(19-29)24-17-36-28(37-18-24)30(31,32)33)38-16-23-6-2-3-9-25(23)39-26-15-21(10-12-35-26)20-7-4-8-22(14-20)27(34)41/h4,7-8,10,12,14-15,17-18,23,25,38H,2-3,5-6,9,11,13,16,19H2,1H3,(H2,34,41)(H,35,39)/t23-,25+,29+/m1/s1. The molecule has 0 spiro atoms. The second-order valence-corrected chi connectivity index (χ2v) is 11.4. The third kappa shape index (κ3) is 7.13. The van der Waals surface area contributed by atoms with E-state index in [1.165, 1.54) is 18.8 Å². The van der Waals surface area contributed by atoms with E-state index in [0.717, 1.165) is 62.1 Å². The van der Waals surface area contributed by atoms with E-state index in [0.29, 0.717) is 23.7 Å². The number of hydrogen-bond acceptors (Lipinski definition) is 7. The van der Waals surface area contributed by atoms with Crippen molar-refractivity contribution in [2.75, 3.05) is 29.9 Å². The molecule has 5 rings (SSSR count). The van der Waals surface area contributed by atoms with Gasteiger partial charge in [-0.2, -0.15) is 13.2 Å². The molecule has 11 heteroatoms. The van der Waals surface area contributed by atoms with Gasteiger partial charge < -0.3 is 21.3 Å². The minimum atomic E-state index is -4.55. The van der Waals surface area contributed by atoms with Gasteiger partial charge in [-0.3, -0.25) is 4.79 Å². The summed E-state index contributed by atoms with van der Waals surface area (Å²) in [5, 5.41) is 7.48. The lowest BCUT2D eigenvalue weighted by Gasteiger charge is -2.44. The number of anilines is 2. The molecule has 2 fully saturated rings. The zero-order valence-electron chi connectivity index (χ0n) is 23.1. The number of benzene rings is 1. The molecule has 0 unspecified atom stereocenters. The number of carbonyl (C=O) groups is 1. The number of halogens is 3. The van der Waals surface area contributed by atoms with Crippen LogP contribution in [0.15, 0.2) is 55.0 Å². The summed E-state index contributed by atoms with van der Waals surface area (Å²) in [6.07, 6.45) is 6.12. The number of hydrogen-bond donors (Lipinski definition) is 3. The first-order chi connectivity index (χ1) is 19.6. The topological polar surface area (TPSA) is 109 Å². The maximum atomic E-state index is 12.9. The second kappa shape index (κ2) is 12.0. The fourth-order valence-corrected chi connectivity index (χ4v) is 5.99. The highest BCUT2D eigenvalue weighted by molar-refractivity contribution is 5.94. The van der Waals surface area contributed by atoms with Gasteiger partial charge in [-0.05, 0) is 73.9 Å². The zero-order valence-corrected chi connectivity index (χ0v) is 23.1. The molecule has 2 aliphatic rings. The van der Waals surface area contributed by atoms with Crippen LogP contribution >= 0.6 is 0 Å². The Morgan fingerprint density at radius 3 is 2.59 bits per heavy atom. The molecule has 1 saturated heterocycles. The molecule has 0 radical (unpaired) electrons. The highest BCUT2D eigenvalue weighted by Gasteiger charge is 2.36. The van der Waals surface area contributed by atoms with Crippen LogP contribution in [0.3, 0.4) is 0 Å². The molecule has 0 bridgehead atoms. The van der Waals surface area contributed by atoms with Crippen molar-refractivity contribution in [3.8, 4) is 11.1 Å². The number of nitrogens with one attached hydrogen (secondary N) is 2. The quantitative estimate of drug-likeness (QED) is 0.340. The first-order valence-corrected chi connectivity index (χ1v) is 14.1. The predicted molar refractivity (Wildman–Crippen MR) is 152 cm³/mol. The van der Waals surface area contributed by atoms with Gasteiger partial charge in [0.1, 0.15) is 5.82 Å². The van der Waals surface area contributed by atoms with E-state index in [1.54, 1.807) is 18.3 Å².